The van der Waals surface area contributed by atoms with E-state index in [0.717, 1.165) is 10.0 Å². The molecular formula is C21H17BrN2O3S2. The van der Waals surface area contributed by atoms with Crippen LogP contribution < -0.4 is 5.32 Å². The summed E-state index contributed by atoms with van der Waals surface area (Å²) in [5.41, 5.74) is 2.07. The standard InChI is InChI=1S/C21H17BrN2O3S2/c1-13(25)15-5-7-17(8-6-15)23-19(26)9-10-24-20(27)18(29-21(24)28)12-14-3-2-4-16(22)11-14/h2-8,11-12H,9-10H2,1H3,(H,23,26)/b18-12-. The highest BCUT2D eigenvalue weighted by molar-refractivity contribution is 9.10. The zero-order chi connectivity index (χ0) is 21.0. The number of anilines is 1. The molecule has 0 aromatic heterocycles. The van der Waals surface area contributed by atoms with E-state index in [1.807, 2.05) is 24.3 Å². The maximum Gasteiger partial charge on any atom is 0.266 e. The molecule has 2 aromatic rings. The summed E-state index contributed by atoms with van der Waals surface area (Å²) >= 11 is 9.95. The molecule has 1 heterocycles. The van der Waals surface area contributed by atoms with Gasteiger partial charge in [-0.25, -0.2) is 0 Å². The molecule has 1 N–H and O–H groups in total. The Balaban J connectivity index is 1.58. The van der Waals surface area contributed by atoms with Gasteiger partial charge in [-0.3, -0.25) is 19.3 Å². The molecule has 148 valence electrons. The van der Waals surface area contributed by atoms with Gasteiger partial charge in [-0.2, -0.15) is 0 Å². The van der Waals surface area contributed by atoms with Crippen molar-refractivity contribution in [3.8, 4) is 0 Å². The van der Waals surface area contributed by atoms with E-state index in [-0.39, 0.29) is 30.6 Å². The molecule has 2 aromatic carbocycles. The predicted octanol–water partition coefficient (Wildman–Crippen LogP) is 4.88. The predicted molar refractivity (Wildman–Crippen MR) is 124 cm³/mol. The largest absolute Gasteiger partial charge is 0.326 e. The zero-order valence-corrected chi connectivity index (χ0v) is 18.7. The lowest BCUT2D eigenvalue weighted by atomic mass is 10.1. The third kappa shape index (κ3) is 5.62. The minimum absolute atomic E-state index is 0.0341. The van der Waals surface area contributed by atoms with E-state index in [4.69, 9.17) is 12.2 Å². The average Bonchev–Trinajstić information content (AvgIpc) is 2.93. The monoisotopic (exact) mass is 488 g/mol. The Hall–Kier alpha value is -2.29. The van der Waals surface area contributed by atoms with Crippen molar-refractivity contribution in [1.29, 1.82) is 0 Å². The van der Waals surface area contributed by atoms with Gasteiger partial charge in [-0.05, 0) is 55.0 Å². The lowest BCUT2D eigenvalue weighted by Gasteiger charge is -2.14. The van der Waals surface area contributed by atoms with Gasteiger partial charge in [0.2, 0.25) is 5.91 Å². The van der Waals surface area contributed by atoms with E-state index < -0.39 is 0 Å². The fourth-order valence-corrected chi connectivity index (χ4v) is 4.39. The van der Waals surface area contributed by atoms with Crippen molar-refractivity contribution in [2.75, 3.05) is 11.9 Å². The number of ketones is 1. The van der Waals surface area contributed by atoms with Crippen molar-refractivity contribution in [1.82, 2.24) is 4.90 Å². The van der Waals surface area contributed by atoms with Gasteiger partial charge >= 0.3 is 0 Å². The van der Waals surface area contributed by atoms with Gasteiger partial charge in [0.15, 0.2) is 5.78 Å². The zero-order valence-electron chi connectivity index (χ0n) is 15.5. The molecule has 1 aliphatic heterocycles. The van der Waals surface area contributed by atoms with Crippen LogP contribution in [0.15, 0.2) is 57.9 Å². The van der Waals surface area contributed by atoms with E-state index in [1.165, 1.54) is 23.6 Å². The summed E-state index contributed by atoms with van der Waals surface area (Å²) < 4.78 is 1.37. The number of thiocarbonyl (C=S) groups is 1. The van der Waals surface area contributed by atoms with Crippen LogP contribution in [0.5, 0.6) is 0 Å². The second-order valence-corrected chi connectivity index (χ2v) is 8.91. The molecule has 1 fully saturated rings. The highest BCUT2D eigenvalue weighted by Gasteiger charge is 2.32. The number of carbonyl (C=O) groups is 3. The molecule has 1 aliphatic rings. The van der Waals surface area contributed by atoms with Gasteiger partial charge in [0.25, 0.3) is 5.91 Å². The smallest absolute Gasteiger partial charge is 0.266 e. The number of carbonyl (C=O) groups excluding carboxylic acids is 3. The second-order valence-electron chi connectivity index (χ2n) is 6.32. The molecule has 3 rings (SSSR count). The number of hydrogen-bond acceptors (Lipinski definition) is 5. The third-order valence-electron chi connectivity index (χ3n) is 4.16. The number of nitrogens with zero attached hydrogens (tertiary/aromatic N) is 1. The summed E-state index contributed by atoms with van der Waals surface area (Å²) in [6.45, 7) is 1.69. The van der Waals surface area contributed by atoms with Gasteiger partial charge in [-0.15, -0.1) is 0 Å². The summed E-state index contributed by atoms with van der Waals surface area (Å²) in [6.07, 6.45) is 1.91. The Labute approximate surface area is 186 Å². The first kappa shape index (κ1) is 21.4. The molecule has 0 unspecified atom stereocenters. The summed E-state index contributed by atoms with van der Waals surface area (Å²) in [6, 6.07) is 14.3. The molecule has 2 amide bonds. The maximum atomic E-state index is 12.7. The van der Waals surface area contributed by atoms with Crippen LogP contribution in [0.25, 0.3) is 6.08 Å². The van der Waals surface area contributed by atoms with E-state index in [9.17, 15) is 14.4 Å². The van der Waals surface area contributed by atoms with Crippen LogP contribution in [-0.4, -0.2) is 33.4 Å². The normalized spacial score (nSPS) is 15.1. The Morgan fingerprint density at radius 3 is 2.59 bits per heavy atom. The van der Waals surface area contributed by atoms with Crippen LogP contribution in [0.3, 0.4) is 0 Å². The molecule has 0 bridgehead atoms. The minimum Gasteiger partial charge on any atom is -0.326 e. The number of halogens is 1. The summed E-state index contributed by atoms with van der Waals surface area (Å²) in [4.78, 5) is 38.2. The van der Waals surface area contributed by atoms with E-state index >= 15 is 0 Å². The van der Waals surface area contributed by atoms with Crippen LogP contribution in [0.4, 0.5) is 5.69 Å². The summed E-state index contributed by atoms with van der Waals surface area (Å²) in [5.74, 6) is -0.461. The number of hydrogen-bond donors (Lipinski definition) is 1. The second kappa shape index (κ2) is 9.47. The van der Waals surface area contributed by atoms with Crippen LogP contribution in [0.2, 0.25) is 0 Å². The summed E-state index contributed by atoms with van der Waals surface area (Å²) in [7, 11) is 0. The van der Waals surface area contributed by atoms with E-state index in [0.29, 0.717) is 20.5 Å². The van der Waals surface area contributed by atoms with E-state index in [1.54, 1.807) is 30.3 Å². The van der Waals surface area contributed by atoms with Gasteiger partial charge < -0.3 is 5.32 Å². The molecule has 5 nitrogen and oxygen atoms in total. The van der Waals surface area contributed by atoms with Crippen molar-refractivity contribution in [2.24, 2.45) is 0 Å². The van der Waals surface area contributed by atoms with Gasteiger partial charge in [0.1, 0.15) is 4.32 Å². The van der Waals surface area contributed by atoms with Crippen LogP contribution in [0, 0.1) is 0 Å². The third-order valence-corrected chi connectivity index (χ3v) is 6.03. The molecule has 0 aliphatic carbocycles. The Kier molecular flexibility index (Phi) is 7.00. The van der Waals surface area contributed by atoms with Crippen LogP contribution in [0.1, 0.15) is 29.3 Å². The van der Waals surface area contributed by atoms with Crippen molar-refractivity contribution in [3.05, 3.63) is 69.0 Å². The molecule has 29 heavy (non-hydrogen) atoms. The molecule has 0 atom stereocenters. The first-order chi connectivity index (χ1) is 13.8. The Bertz CT molecular complexity index is 1020. The molecule has 0 saturated carbocycles. The van der Waals surface area contributed by atoms with Crippen LogP contribution >= 0.6 is 39.9 Å². The molecule has 0 spiro atoms. The Morgan fingerprint density at radius 1 is 1.21 bits per heavy atom. The highest BCUT2D eigenvalue weighted by atomic mass is 79.9. The highest BCUT2D eigenvalue weighted by Crippen LogP contribution is 2.33. The number of rotatable bonds is 6. The van der Waals surface area contributed by atoms with E-state index in [2.05, 4.69) is 21.2 Å². The van der Waals surface area contributed by atoms with Gasteiger partial charge in [-0.1, -0.05) is 52.0 Å². The molecule has 1 saturated heterocycles. The van der Waals surface area contributed by atoms with Gasteiger partial charge in [0, 0.05) is 28.7 Å². The number of Topliss-reactive ketones (excluding diaryl/α,β-unsaturated/α-hetero) is 1. The molecule has 8 heteroatoms. The van der Waals surface area contributed by atoms with Crippen molar-refractivity contribution in [2.45, 2.75) is 13.3 Å². The average molecular weight is 489 g/mol. The molecule has 0 radical (unpaired) electrons. The topological polar surface area (TPSA) is 66.5 Å². The maximum absolute atomic E-state index is 12.7. The van der Waals surface area contributed by atoms with Crippen molar-refractivity contribution in [3.63, 3.8) is 0 Å². The minimum atomic E-state index is -0.231. The first-order valence-corrected chi connectivity index (χ1v) is 10.8. The lowest BCUT2D eigenvalue weighted by Crippen LogP contribution is -2.31. The Morgan fingerprint density at radius 2 is 1.93 bits per heavy atom. The fraction of sp³-hybridized carbons (Fsp3) is 0.143. The number of thioether (sulfide) groups is 1. The fourth-order valence-electron chi connectivity index (χ4n) is 2.67. The SMILES string of the molecule is CC(=O)c1ccc(NC(=O)CCN2C(=O)/C(=C/c3cccc(Br)c3)SC2=S)cc1. The van der Waals surface area contributed by atoms with Crippen LogP contribution in [-0.2, 0) is 9.59 Å². The first-order valence-electron chi connectivity index (χ1n) is 8.75. The van der Waals surface area contributed by atoms with Crippen molar-refractivity contribution < 1.29 is 14.4 Å². The number of nitrogens with one attached hydrogen (secondary N) is 1. The van der Waals surface area contributed by atoms with Gasteiger partial charge in [0.05, 0.1) is 4.91 Å². The summed E-state index contributed by atoms with van der Waals surface area (Å²) in [5, 5.41) is 2.76. The number of amides is 2. The van der Waals surface area contributed by atoms with Crippen molar-refractivity contribution >= 4 is 73.6 Å². The quantitative estimate of drug-likeness (QED) is 0.356. The lowest BCUT2D eigenvalue weighted by molar-refractivity contribution is -0.122. The number of benzene rings is 2. The molecular weight excluding hydrogens is 472 g/mol.